The number of nitrogens with zero attached hydrogens (tertiary/aromatic N) is 2. The number of ether oxygens (including phenoxy) is 1. The zero-order valence-corrected chi connectivity index (χ0v) is 18.2. The summed E-state index contributed by atoms with van der Waals surface area (Å²) in [6.07, 6.45) is 1.41. The first kappa shape index (κ1) is 21.2. The molecular weight excluding hydrogens is 386 g/mol. The number of methoxy groups -OCH3 is 1. The molecule has 0 spiro atoms. The van der Waals surface area contributed by atoms with Crippen LogP contribution in [0.2, 0.25) is 0 Å². The number of fused-ring (bicyclic) bond motifs is 1. The molecule has 1 aliphatic heterocycles. The number of carbonyl (C=O) groups excluding carboxylic acids is 1. The molecule has 162 valence electrons. The van der Waals surface area contributed by atoms with Gasteiger partial charge in [-0.25, -0.2) is 0 Å². The summed E-state index contributed by atoms with van der Waals surface area (Å²) in [4.78, 5) is 17.3. The van der Waals surface area contributed by atoms with Gasteiger partial charge in [0.2, 0.25) is 5.91 Å². The first-order valence-electron chi connectivity index (χ1n) is 11.1. The molecule has 0 aromatic heterocycles. The van der Waals surface area contributed by atoms with E-state index in [1.54, 1.807) is 7.11 Å². The molecule has 3 aromatic rings. The molecule has 0 bridgehead atoms. The van der Waals surface area contributed by atoms with Crippen LogP contribution >= 0.6 is 0 Å². The molecule has 0 saturated carbocycles. The van der Waals surface area contributed by atoms with E-state index in [0.29, 0.717) is 6.42 Å². The second-order valence-electron chi connectivity index (χ2n) is 8.05. The van der Waals surface area contributed by atoms with Crippen LogP contribution in [0.3, 0.4) is 0 Å². The summed E-state index contributed by atoms with van der Waals surface area (Å²) >= 11 is 0. The van der Waals surface area contributed by atoms with Gasteiger partial charge >= 0.3 is 0 Å². The summed E-state index contributed by atoms with van der Waals surface area (Å²) in [5.74, 6) is 0.991. The second kappa shape index (κ2) is 10.3. The zero-order chi connectivity index (χ0) is 21.5. The van der Waals surface area contributed by atoms with Crippen LogP contribution in [0.25, 0.3) is 10.8 Å². The maximum absolute atomic E-state index is 12.4. The Labute approximate surface area is 184 Å². The van der Waals surface area contributed by atoms with Gasteiger partial charge in [0, 0.05) is 38.4 Å². The molecule has 5 heteroatoms. The quantitative estimate of drug-likeness (QED) is 0.568. The molecule has 31 heavy (non-hydrogen) atoms. The maximum atomic E-state index is 12.4. The van der Waals surface area contributed by atoms with E-state index in [2.05, 4.69) is 45.4 Å². The van der Waals surface area contributed by atoms with Gasteiger partial charge in [-0.1, -0.05) is 42.5 Å². The Morgan fingerprint density at radius 2 is 1.68 bits per heavy atom. The summed E-state index contributed by atoms with van der Waals surface area (Å²) in [5, 5.41) is 5.44. The van der Waals surface area contributed by atoms with Gasteiger partial charge in [-0.05, 0) is 53.6 Å². The van der Waals surface area contributed by atoms with Crippen LogP contribution in [-0.4, -0.2) is 57.2 Å². The van der Waals surface area contributed by atoms with E-state index in [0.717, 1.165) is 62.4 Å². The molecular formula is C26H31N3O2. The van der Waals surface area contributed by atoms with E-state index in [9.17, 15) is 4.79 Å². The SMILES string of the molecule is COc1ccc(N2CCN(CCCNC(=O)Cc3cccc4ccccc34)CC2)cc1. The third kappa shape index (κ3) is 5.56. The Morgan fingerprint density at radius 3 is 2.45 bits per heavy atom. The number of benzene rings is 3. The average Bonchev–Trinajstić information content (AvgIpc) is 2.82. The van der Waals surface area contributed by atoms with Crippen molar-refractivity contribution in [3.8, 4) is 5.75 Å². The fourth-order valence-electron chi connectivity index (χ4n) is 4.24. The highest BCUT2D eigenvalue weighted by Gasteiger charge is 2.17. The Bertz CT molecular complexity index is 990. The van der Waals surface area contributed by atoms with Crippen LogP contribution in [0.1, 0.15) is 12.0 Å². The highest BCUT2D eigenvalue weighted by molar-refractivity contribution is 5.90. The summed E-state index contributed by atoms with van der Waals surface area (Å²) in [5.41, 5.74) is 2.34. The van der Waals surface area contributed by atoms with Crippen molar-refractivity contribution < 1.29 is 9.53 Å². The monoisotopic (exact) mass is 417 g/mol. The van der Waals surface area contributed by atoms with E-state index in [1.807, 2.05) is 36.4 Å². The molecule has 0 radical (unpaired) electrons. The van der Waals surface area contributed by atoms with Crippen molar-refractivity contribution in [3.63, 3.8) is 0 Å². The highest BCUT2D eigenvalue weighted by Crippen LogP contribution is 2.21. The molecule has 1 amide bonds. The van der Waals surface area contributed by atoms with Crippen molar-refractivity contribution in [1.82, 2.24) is 10.2 Å². The molecule has 1 saturated heterocycles. The molecule has 1 aliphatic rings. The fourth-order valence-corrected chi connectivity index (χ4v) is 4.24. The van der Waals surface area contributed by atoms with Crippen molar-refractivity contribution in [2.75, 3.05) is 51.3 Å². The smallest absolute Gasteiger partial charge is 0.224 e. The van der Waals surface area contributed by atoms with Crippen molar-refractivity contribution in [1.29, 1.82) is 0 Å². The van der Waals surface area contributed by atoms with Crippen molar-refractivity contribution in [2.24, 2.45) is 0 Å². The number of nitrogens with one attached hydrogen (secondary N) is 1. The topological polar surface area (TPSA) is 44.8 Å². The normalized spacial score (nSPS) is 14.5. The van der Waals surface area contributed by atoms with Crippen LogP contribution in [0.5, 0.6) is 5.75 Å². The van der Waals surface area contributed by atoms with Crippen LogP contribution in [0.4, 0.5) is 5.69 Å². The van der Waals surface area contributed by atoms with E-state index in [1.165, 1.54) is 11.1 Å². The average molecular weight is 418 g/mol. The zero-order valence-electron chi connectivity index (χ0n) is 18.2. The summed E-state index contributed by atoms with van der Waals surface area (Å²) in [6, 6.07) is 22.7. The molecule has 1 heterocycles. The van der Waals surface area contributed by atoms with Crippen molar-refractivity contribution >= 4 is 22.4 Å². The van der Waals surface area contributed by atoms with Crippen molar-refractivity contribution in [2.45, 2.75) is 12.8 Å². The van der Waals surface area contributed by atoms with Crippen LogP contribution in [0, 0.1) is 0 Å². The minimum atomic E-state index is 0.0979. The Hall–Kier alpha value is -3.05. The summed E-state index contributed by atoms with van der Waals surface area (Å²) in [7, 11) is 1.69. The number of amides is 1. The highest BCUT2D eigenvalue weighted by atomic mass is 16.5. The third-order valence-corrected chi connectivity index (χ3v) is 6.01. The van der Waals surface area contributed by atoms with Gasteiger partial charge in [-0.15, -0.1) is 0 Å². The summed E-state index contributed by atoms with van der Waals surface area (Å²) < 4.78 is 5.24. The van der Waals surface area contributed by atoms with Gasteiger partial charge in [0.25, 0.3) is 0 Å². The van der Waals surface area contributed by atoms with E-state index in [4.69, 9.17) is 4.74 Å². The number of hydrogen-bond acceptors (Lipinski definition) is 4. The largest absolute Gasteiger partial charge is 0.497 e. The van der Waals surface area contributed by atoms with Gasteiger partial charge < -0.3 is 15.0 Å². The molecule has 1 N–H and O–H groups in total. The lowest BCUT2D eigenvalue weighted by molar-refractivity contribution is -0.120. The molecule has 3 aromatic carbocycles. The number of rotatable bonds is 8. The second-order valence-corrected chi connectivity index (χ2v) is 8.05. The van der Waals surface area contributed by atoms with Crippen molar-refractivity contribution in [3.05, 3.63) is 72.3 Å². The lowest BCUT2D eigenvalue weighted by atomic mass is 10.0. The minimum Gasteiger partial charge on any atom is -0.497 e. The van der Waals surface area contributed by atoms with E-state index in [-0.39, 0.29) is 5.91 Å². The summed E-state index contributed by atoms with van der Waals surface area (Å²) in [6.45, 7) is 5.90. The fraction of sp³-hybridized carbons (Fsp3) is 0.346. The molecule has 0 aliphatic carbocycles. The predicted octanol–water partition coefficient (Wildman–Crippen LogP) is 3.72. The number of piperazine rings is 1. The Morgan fingerprint density at radius 1 is 0.935 bits per heavy atom. The molecule has 0 unspecified atom stereocenters. The van der Waals surface area contributed by atoms with E-state index >= 15 is 0 Å². The van der Waals surface area contributed by atoms with Gasteiger partial charge in [-0.2, -0.15) is 0 Å². The molecule has 5 nitrogen and oxygen atoms in total. The van der Waals surface area contributed by atoms with Gasteiger partial charge in [-0.3, -0.25) is 9.69 Å². The van der Waals surface area contributed by atoms with Crippen LogP contribution in [0.15, 0.2) is 66.7 Å². The minimum absolute atomic E-state index is 0.0979. The maximum Gasteiger partial charge on any atom is 0.224 e. The molecule has 1 fully saturated rings. The third-order valence-electron chi connectivity index (χ3n) is 6.01. The van der Waals surface area contributed by atoms with Gasteiger partial charge in [0.05, 0.1) is 13.5 Å². The standard InChI is InChI=1S/C26H31N3O2/c1-31-24-12-10-23(11-13-24)29-18-16-28(17-19-29)15-5-14-27-26(30)20-22-8-4-7-21-6-2-3-9-25(21)22/h2-4,6-13H,5,14-20H2,1H3,(H,27,30). The van der Waals surface area contributed by atoms with Gasteiger partial charge in [0.15, 0.2) is 0 Å². The predicted molar refractivity (Wildman–Crippen MR) is 127 cm³/mol. The Balaban J connectivity index is 1.16. The number of carbonyl (C=O) groups is 1. The first-order chi connectivity index (χ1) is 15.2. The Kier molecular flexibility index (Phi) is 7.05. The first-order valence-corrected chi connectivity index (χ1v) is 11.1. The molecule has 0 atom stereocenters. The van der Waals surface area contributed by atoms with Crippen LogP contribution < -0.4 is 15.0 Å². The lowest BCUT2D eigenvalue weighted by Crippen LogP contribution is -2.47. The van der Waals surface area contributed by atoms with E-state index < -0.39 is 0 Å². The molecule has 4 rings (SSSR count). The van der Waals surface area contributed by atoms with Crippen LogP contribution in [-0.2, 0) is 11.2 Å². The number of hydrogen-bond donors (Lipinski definition) is 1. The number of anilines is 1. The lowest BCUT2D eigenvalue weighted by Gasteiger charge is -2.36. The van der Waals surface area contributed by atoms with Gasteiger partial charge in [0.1, 0.15) is 5.75 Å².